The van der Waals surface area contributed by atoms with Crippen molar-refractivity contribution in [2.24, 2.45) is 0 Å². The first kappa shape index (κ1) is 12.2. The summed E-state index contributed by atoms with van der Waals surface area (Å²) in [5.74, 6) is -0.435. The number of hydrogen-bond acceptors (Lipinski definition) is 4. The highest BCUT2D eigenvalue weighted by atomic mass is 32.1. The summed E-state index contributed by atoms with van der Waals surface area (Å²) in [6, 6.07) is 0.366. The van der Waals surface area contributed by atoms with Crippen molar-refractivity contribution >= 4 is 18.5 Å². The third-order valence-electron chi connectivity index (χ3n) is 3.54. The Morgan fingerprint density at radius 2 is 2.44 bits per heavy atom. The molecule has 0 fully saturated rings. The van der Waals surface area contributed by atoms with Gasteiger partial charge >= 0.3 is 0 Å². The Balaban J connectivity index is 2.10. The van der Waals surface area contributed by atoms with Crippen molar-refractivity contribution < 1.29 is 9.50 Å². The van der Waals surface area contributed by atoms with Crippen molar-refractivity contribution in [3.63, 3.8) is 0 Å². The van der Waals surface area contributed by atoms with Crippen molar-refractivity contribution in [3.8, 4) is 0 Å². The molecule has 98 valence electrons. The molecule has 3 rings (SSSR count). The zero-order valence-electron chi connectivity index (χ0n) is 10.1. The number of aliphatic hydroxyl groups is 1. The molecule has 0 spiro atoms. The van der Waals surface area contributed by atoms with Gasteiger partial charge in [-0.05, 0) is 13.0 Å². The number of aryl methyl sites for hydroxylation is 1. The molecular weight excluding hydrogens is 253 g/mol. The number of nitrogens with zero attached hydrogens (tertiary/aromatic N) is 2. The predicted molar refractivity (Wildman–Crippen MR) is 69.9 cm³/mol. The Morgan fingerprint density at radius 1 is 1.67 bits per heavy atom. The molecule has 0 amide bonds. The van der Waals surface area contributed by atoms with Crippen LogP contribution in [0.4, 0.5) is 4.39 Å². The normalized spacial score (nSPS) is 31.3. The molecule has 18 heavy (non-hydrogen) atoms. The van der Waals surface area contributed by atoms with Crippen molar-refractivity contribution in [1.82, 2.24) is 15.1 Å². The number of nitrogens with one attached hydrogen (secondary N) is 1. The average Bonchev–Trinajstić information content (AvgIpc) is 2.58. The fraction of sp³-hybridized carbons (Fsp3) is 0.583. The van der Waals surface area contributed by atoms with Gasteiger partial charge < -0.3 is 10.4 Å². The lowest BCUT2D eigenvalue weighted by Gasteiger charge is -2.19. The van der Waals surface area contributed by atoms with E-state index in [0.29, 0.717) is 31.2 Å². The summed E-state index contributed by atoms with van der Waals surface area (Å²) in [6.45, 7) is 3.19. The van der Waals surface area contributed by atoms with Crippen molar-refractivity contribution in [2.75, 3.05) is 0 Å². The molecule has 1 aromatic heterocycles. The molecular formula is C12H16FN3OS. The third-order valence-corrected chi connectivity index (χ3v) is 3.89. The zero-order chi connectivity index (χ0) is 12.9. The minimum absolute atomic E-state index is 0.347. The highest BCUT2D eigenvalue weighted by Crippen LogP contribution is 2.33. The highest BCUT2D eigenvalue weighted by molar-refractivity contribution is 7.81. The van der Waals surface area contributed by atoms with Gasteiger partial charge in [0.15, 0.2) is 0 Å². The van der Waals surface area contributed by atoms with Crippen LogP contribution in [0.3, 0.4) is 0 Å². The Morgan fingerprint density at radius 3 is 3.22 bits per heavy atom. The van der Waals surface area contributed by atoms with E-state index in [1.807, 2.05) is 0 Å². The Labute approximate surface area is 110 Å². The second kappa shape index (κ2) is 4.08. The molecule has 0 radical (unpaired) electrons. The molecule has 0 aromatic carbocycles. The molecule has 2 N–H and O–H groups in total. The van der Waals surface area contributed by atoms with Crippen molar-refractivity contribution in [1.29, 1.82) is 0 Å². The van der Waals surface area contributed by atoms with E-state index in [4.69, 9.17) is 0 Å². The summed E-state index contributed by atoms with van der Waals surface area (Å²) >= 11 is 4.05. The molecule has 4 nitrogen and oxygen atoms in total. The van der Waals surface area contributed by atoms with Gasteiger partial charge in [0.25, 0.3) is 0 Å². The van der Waals surface area contributed by atoms with E-state index < -0.39 is 10.8 Å². The quantitative estimate of drug-likeness (QED) is 0.491. The van der Waals surface area contributed by atoms with Crippen LogP contribution in [-0.2, 0) is 19.5 Å². The van der Waals surface area contributed by atoms with Crippen LogP contribution in [0, 0.1) is 0 Å². The molecule has 2 aliphatic heterocycles. The number of aromatic nitrogens is 2. The molecule has 3 heterocycles. The van der Waals surface area contributed by atoms with Crippen LogP contribution >= 0.6 is 12.6 Å². The first-order valence-electron chi connectivity index (χ1n) is 6.12. The molecule has 2 atom stereocenters. The average molecular weight is 269 g/mol. The minimum atomic E-state index is -1.40. The van der Waals surface area contributed by atoms with Gasteiger partial charge in [-0.1, -0.05) is 0 Å². The summed E-state index contributed by atoms with van der Waals surface area (Å²) in [4.78, 5) is -1.40. The Kier molecular flexibility index (Phi) is 2.76. The Hall–Kier alpha value is -0.850. The third kappa shape index (κ3) is 1.98. The van der Waals surface area contributed by atoms with Crippen LogP contribution in [0.15, 0.2) is 6.08 Å². The van der Waals surface area contributed by atoms with Gasteiger partial charge in [-0.25, -0.2) is 4.39 Å². The largest absolute Gasteiger partial charge is 0.376 e. The van der Waals surface area contributed by atoms with Gasteiger partial charge in [-0.2, -0.15) is 5.10 Å². The molecule has 1 aromatic rings. The maximum Gasteiger partial charge on any atom is 0.148 e. The number of hydrogen-bond donors (Lipinski definition) is 3. The number of halogens is 1. The van der Waals surface area contributed by atoms with Gasteiger partial charge in [0, 0.05) is 37.5 Å². The molecule has 0 aliphatic carbocycles. The van der Waals surface area contributed by atoms with E-state index in [-0.39, 0.29) is 0 Å². The van der Waals surface area contributed by atoms with Gasteiger partial charge in [-0.3, -0.25) is 4.68 Å². The summed E-state index contributed by atoms with van der Waals surface area (Å²) in [6.07, 6.45) is 2.34. The molecule has 0 unspecified atom stereocenters. The van der Waals surface area contributed by atoms with Crippen LogP contribution in [0.2, 0.25) is 0 Å². The van der Waals surface area contributed by atoms with Gasteiger partial charge in [0.2, 0.25) is 0 Å². The van der Waals surface area contributed by atoms with E-state index in [9.17, 15) is 9.50 Å². The van der Waals surface area contributed by atoms with Gasteiger partial charge in [-0.15, -0.1) is 12.6 Å². The van der Waals surface area contributed by atoms with Crippen LogP contribution in [-0.4, -0.2) is 25.9 Å². The lowest BCUT2D eigenvalue weighted by atomic mass is 10.0. The fourth-order valence-electron chi connectivity index (χ4n) is 2.58. The van der Waals surface area contributed by atoms with E-state index in [2.05, 4.69) is 30.0 Å². The smallest absolute Gasteiger partial charge is 0.148 e. The van der Waals surface area contributed by atoms with E-state index >= 15 is 0 Å². The first-order chi connectivity index (χ1) is 8.46. The SMILES string of the molecule is C[C@@H]1Cc2nn3c(c2CN1)C(F)=C[C@@](O)(S)CC3. The fourth-order valence-corrected chi connectivity index (χ4v) is 2.79. The lowest BCUT2D eigenvalue weighted by Crippen LogP contribution is -2.32. The maximum absolute atomic E-state index is 14.2. The zero-order valence-corrected chi connectivity index (χ0v) is 11.0. The maximum atomic E-state index is 14.2. The Bertz CT molecular complexity index is 524. The second-order valence-electron chi connectivity index (χ2n) is 5.10. The summed E-state index contributed by atoms with van der Waals surface area (Å²) in [7, 11) is 0. The van der Waals surface area contributed by atoms with E-state index in [1.54, 1.807) is 4.68 Å². The monoisotopic (exact) mass is 269 g/mol. The first-order valence-corrected chi connectivity index (χ1v) is 6.56. The van der Waals surface area contributed by atoms with Crippen LogP contribution in [0.1, 0.15) is 30.3 Å². The van der Waals surface area contributed by atoms with E-state index in [1.165, 1.54) is 6.08 Å². The molecule has 2 aliphatic rings. The number of fused-ring (bicyclic) bond motifs is 3. The van der Waals surface area contributed by atoms with Gasteiger partial charge in [0.05, 0.1) is 5.69 Å². The molecule has 0 saturated carbocycles. The minimum Gasteiger partial charge on any atom is -0.376 e. The van der Waals surface area contributed by atoms with Gasteiger partial charge in [0.1, 0.15) is 16.5 Å². The molecule has 0 saturated heterocycles. The topological polar surface area (TPSA) is 50.1 Å². The number of rotatable bonds is 0. The lowest BCUT2D eigenvalue weighted by molar-refractivity contribution is 0.173. The second-order valence-corrected chi connectivity index (χ2v) is 5.88. The van der Waals surface area contributed by atoms with Crippen LogP contribution in [0.5, 0.6) is 0 Å². The highest BCUT2D eigenvalue weighted by Gasteiger charge is 2.31. The summed E-state index contributed by atoms with van der Waals surface area (Å²) < 4.78 is 15.9. The van der Waals surface area contributed by atoms with Crippen LogP contribution in [0.25, 0.3) is 5.83 Å². The summed E-state index contributed by atoms with van der Waals surface area (Å²) in [5, 5.41) is 17.6. The number of thiol groups is 1. The van der Waals surface area contributed by atoms with Crippen molar-refractivity contribution in [2.45, 2.75) is 43.8 Å². The van der Waals surface area contributed by atoms with Crippen LogP contribution < -0.4 is 5.32 Å². The standard InChI is InChI=1S/C12H16FN3OS/c1-7-4-10-8(6-14-7)11-9(13)5-12(17,18)2-3-16(11)15-10/h5,7,14,17-18H,2-4,6H2,1H3/t7-,12+/m1/s1. The van der Waals surface area contributed by atoms with Crippen molar-refractivity contribution in [3.05, 3.63) is 23.0 Å². The van der Waals surface area contributed by atoms with E-state index in [0.717, 1.165) is 17.7 Å². The summed E-state index contributed by atoms with van der Waals surface area (Å²) in [5.41, 5.74) is 2.37. The molecule has 0 bridgehead atoms. The molecule has 6 heteroatoms. The predicted octanol–water partition coefficient (Wildman–Crippen LogP) is 1.25.